The highest BCUT2D eigenvalue weighted by Gasteiger charge is 2.51. The van der Waals surface area contributed by atoms with E-state index in [9.17, 15) is 4.79 Å². The van der Waals surface area contributed by atoms with Crippen LogP contribution in [-0.4, -0.2) is 28.7 Å². The summed E-state index contributed by atoms with van der Waals surface area (Å²) in [6.07, 6.45) is 9.28. The lowest BCUT2D eigenvalue weighted by atomic mass is 9.51. The first-order chi connectivity index (χ1) is 10.1. The molecule has 2 nitrogen and oxygen atoms in total. The van der Waals surface area contributed by atoms with Gasteiger partial charge in [-0.3, -0.25) is 4.79 Å². The standard InChI is InChI=1S/C18H28BrNO/c1-11(19)14-2-4-20(5-3-14)18(21)17-15-7-12-6-13(9-15)10-16(17)8-12/h11-17H,2-10H2,1H3. The molecule has 0 aromatic rings. The molecule has 4 saturated carbocycles. The van der Waals surface area contributed by atoms with Crippen molar-refractivity contribution in [2.75, 3.05) is 13.1 Å². The zero-order valence-electron chi connectivity index (χ0n) is 13.1. The van der Waals surface area contributed by atoms with Gasteiger partial charge in [-0.15, -0.1) is 0 Å². The monoisotopic (exact) mass is 353 g/mol. The molecule has 4 bridgehead atoms. The van der Waals surface area contributed by atoms with E-state index in [2.05, 4.69) is 27.8 Å². The second-order valence-corrected chi connectivity index (χ2v) is 9.74. The number of carbonyl (C=O) groups excluding carboxylic acids is 1. The molecule has 3 heteroatoms. The summed E-state index contributed by atoms with van der Waals surface area (Å²) >= 11 is 3.72. The van der Waals surface area contributed by atoms with Crippen molar-refractivity contribution in [1.82, 2.24) is 4.90 Å². The maximum Gasteiger partial charge on any atom is 0.226 e. The van der Waals surface area contributed by atoms with Gasteiger partial charge in [-0.25, -0.2) is 0 Å². The third-order valence-corrected chi connectivity index (χ3v) is 7.76. The van der Waals surface area contributed by atoms with Crippen LogP contribution in [-0.2, 0) is 4.79 Å². The topological polar surface area (TPSA) is 20.3 Å². The maximum absolute atomic E-state index is 13.1. The molecule has 1 atom stereocenters. The number of hydrogen-bond donors (Lipinski definition) is 0. The van der Waals surface area contributed by atoms with E-state index in [1.165, 1.54) is 44.9 Å². The summed E-state index contributed by atoms with van der Waals surface area (Å²) in [5, 5.41) is 0. The van der Waals surface area contributed by atoms with Crippen LogP contribution in [0.2, 0.25) is 0 Å². The fourth-order valence-electron chi connectivity index (χ4n) is 6.12. The number of amides is 1. The molecule has 5 rings (SSSR count). The van der Waals surface area contributed by atoms with Crippen LogP contribution in [0.1, 0.15) is 51.9 Å². The van der Waals surface area contributed by atoms with Gasteiger partial charge in [0.2, 0.25) is 5.91 Å². The van der Waals surface area contributed by atoms with Crippen LogP contribution < -0.4 is 0 Å². The summed E-state index contributed by atoms with van der Waals surface area (Å²) in [4.78, 5) is 15.9. The summed E-state index contributed by atoms with van der Waals surface area (Å²) in [5.74, 6) is 5.10. The summed E-state index contributed by atoms with van der Waals surface area (Å²) in [5.41, 5.74) is 0. The Hall–Kier alpha value is -0.0500. The molecule has 5 fully saturated rings. The number of carbonyl (C=O) groups is 1. The molecule has 0 radical (unpaired) electrons. The molecule has 5 aliphatic rings. The first kappa shape index (κ1) is 14.5. The highest BCUT2D eigenvalue weighted by Crippen LogP contribution is 2.57. The van der Waals surface area contributed by atoms with Gasteiger partial charge in [0.15, 0.2) is 0 Å². The summed E-state index contributed by atoms with van der Waals surface area (Å²) in [6, 6.07) is 0. The number of piperidine rings is 1. The molecule has 0 aromatic carbocycles. The van der Waals surface area contributed by atoms with Gasteiger partial charge < -0.3 is 4.90 Å². The van der Waals surface area contributed by atoms with E-state index in [0.717, 1.165) is 42.7 Å². The molecule has 0 N–H and O–H groups in total. The van der Waals surface area contributed by atoms with Crippen molar-refractivity contribution >= 4 is 21.8 Å². The van der Waals surface area contributed by atoms with E-state index < -0.39 is 0 Å². The van der Waals surface area contributed by atoms with Crippen LogP contribution in [0, 0.1) is 35.5 Å². The number of alkyl halides is 1. The third-order valence-electron chi connectivity index (χ3n) is 7.01. The molecular formula is C18H28BrNO. The fourth-order valence-corrected chi connectivity index (χ4v) is 6.65. The molecule has 1 unspecified atom stereocenters. The van der Waals surface area contributed by atoms with Gasteiger partial charge in [0, 0.05) is 23.8 Å². The van der Waals surface area contributed by atoms with Crippen LogP contribution in [0.25, 0.3) is 0 Å². The normalized spacial score (nSPS) is 44.1. The Balaban J connectivity index is 1.42. The molecule has 0 aromatic heterocycles. The first-order valence-electron chi connectivity index (χ1n) is 9.04. The van der Waals surface area contributed by atoms with Crippen molar-refractivity contribution in [1.29, 1.82) is 0 Å². The number of nitrogens with zero attached hydrogens (tertiary/aromatic N) is 1. The second-order valence-electron chi connectivity index (χ2n) is 8.30. The Morgan fingerprint density at radius 1 is 1.00 bits per heavy atom. The largest absolute Gasteiger partial charge is 0.342 e. The van der Waals surface area contributed by atoms with Crippen molar-refractivity contribution in [3.8, 4) is 0 Å². The average Bonchev–Trinajstić information content (AvgIpc) is 2.46. The van der Waals surface area contributed by atoms with Gasteiger partial charge in [0.25, 0.3) is 0 Å². The van der Waals surface area contributed by atoms with Crippen molar-refractivity contribution < 1.29 is 4.79 Å². The van der Waals surface area contributed by atoms with Gasteiger partial charge in [0.05, 0.1) is 0 Å². The summed E-state index contributed by atoms with van der Waals surface area (Å²) in [7, 11) is 0. The lowest BCUT2D eigenvalue weighted by Crippen LogP contribution is -2.53. The summed E-state index contributed by atoms with van der Waals surface area (Å²) < 4.78 is 0. The van der Waals surface area contributed by atoms with Gasteiger partial charge in [0.1, 0.15) is 0 Å². The summed E-state index contributed by atoms with van der Waals surface area (Å²) in [6.45, 7) is 4.25. The van der Waals surface area contributed by atoms with Crippen molar-refractivity contribution in [2.24, 2.45) is 35.5 Å². The number of likely N-dealkylation sites (tertiary alicyclic amines) is 1. The van der Waals surface area contributed by atoms with Crippen LogP contribution in [0.4, 0.5) is 0 Å². The Bertz CT molecular complexity index is 385. The number of rotatable bonds is 2. The predicted molar refractivity (Wildman–Crippen MR) is 88.2 cm³/mol. The third kappa shape index (κ3) is 2.58. The molecule has 1 saturated heterocycles. The van der Waals surface area contributed by atoms with Crippen LogP contribution in [0.5, 0.6) is 0 Å². The predicted octanol–water partition coefficient (Wildman–Crippen LogP) is 4.08. The fraction of sp³-hybridized carbons (Fsp3) is 0.944. The Labute approximate surface area is 137 Å². The second kappa shape index (κ2) is 5.54. The number of hydrogen-bond acceptors (Lipinski definition) is 1. The van der Waals surface area contributed by atoms with E-state index >= 15 is 0 Å². The molecule has 1 amide bonds. The van der Waals surface area contributed by atoms with E-state index in [1.807, 2.05) is 0 Å². The minimum Gasteiger partial charge on any atom is -0.342 e. The van der Waals surface area contributed by atoms with Gasteiger partial charge in [-0.1, -0.05) is 22.9 Å². The van der Waals surface area contributed by atoms with Gasteiger partial charge in [-0.2, -0.15) is 0 Å². The highest BCUT2D eigenvalue weighted by atomic mass is 79.9. The van der Waals surface area contributed by atoms with E-state index in [0.29, 0.717) is 16.7 Å². The van der Waals surface area contributed by atoms with Crippen LogP contribution in [0.15, 0.2) is 0 Å². The molecule has 1 aliphatic heterocycles. The van der Waals surface area contributed by atoms with Gasteiger partial charge >= 0.3 is 0 Å². The highest BCUT2D eigenvalue weighted by molar-refractivity contribution is 9.09. The van der Waals surface area contributed by atoms with E-state index in [4.69, 9.17) is 0 Å². The molecule has 0 spiro atoms. The lowest BCUT2D eigenvalue weighted by Gasteiger charge is -2.54. The SMILES string of the molecule is CC(Br)C1CCN(C(=O)C2C3CC4CC(C3)CC2C4)CC1. The molecule has 118 valence electrons. The zero-order chi connectivity index (χ0) is 14.6. The van der Waals surface area contributed by atoms with Crippen molar-refractivity contribution in [3.63, 3.8) is 0 Å². The van der Waals surface area contributed by atoms with E-state index in [-0.39, 0.29) is 0 Å². The first-order valence-corrected chi connectivity index (χ1v) is 9.96. The Morgan fingerprint density at radius 3 is 2.00 bits per heavy atom. The van der Waals surface area contributed by atoms with Crippen molar-refractivity contribution in [3.05, 3.63) is 0 Å². The van der Waals surface area contributed by atoms with Crippen LogP contribution in [0.3, 0.4) is 0 Å². The molecule has 4 aliphatic carbocycles. The quantitative estimate of drug-likeness (QED) is 0.685. The smallest absolute Gasteiger partial charge is 0.226 e. The Kier molecular flexibility index (Phi) is 3.84. The lowest BCUT2D eigenvalue weighted by molar-refractivity contribution is -0.150. The van der Waals surface area contributed by atoms with Crippen molar-refractivity contribution in [2.45, 2.75) is 56.7 Å². The van der Waals surface area contributed by atoms with E-state index in [1.54, 1.807) is 0 Å². The average molecular weight is 354 g/mol. The molecule has 1 heterocycles. The maximum atomic E-state index is 13.1. The molecular weight excluding hydrogens is 326 g/mol. The minimum atomic E-state index is 0.399. The number of halogens is 1. The zero-order valence-corrected chi connectivity index (χ0v) is 14.7. The molecule has 21 heavy (non-hydrogen) atoms. The Morgan fingerprint density at radius 2 is 1.52 bits per heavy atom. The minimum absolute atomic E-state index is 0.399. The van der Waals surface area contributed by atoms with Gasteiger partial charge in [-0.05, 0) is 74.5 Å². The van der Waals surface area contributed by atoms with Crippen LogP contribution >= 0.6 is 15.9 Å².